The van der Waals surface area contributed by atoms with E-state index in [0.29, 0.717) is 11.8 Å². The molecule has 3 rings (SSSR count). The standard InChI is InChI=1S/C16H22N6O/c1-12-7-15(20-11-19-12)21(2)13-5-4-6-22(10-13)16-17-8-14(23-3)9-18-16/h7-9,11,13H,4-6,10H2,1-3H3. The van der Waals surface area contributed by atoms with E-state index in [0.717, 1.165) is 43.4 Å². The fourth-order valence-electron chi connectivity index (χ4n) is 2.85. The highest BCUT2D eigenvalue weighted by Crippen LogP contribution is 2.22. The molecule has 0 N–H and O–H groups in total. The Hall–Kier alpha value is -2.44. The van der Waals surface area contributed by atoms with Crippen LogP contribution in [-0.4, -0.2) is 53.2 Å². The van der Waals surface area contributed by atoms with Gasteiger partial charge in [0.25, 0.3) is 0 Å². The van der Waals surface area contributed by atoms with Crippen LogP contribution in [0.2, 0.25) is 0 Å². The average Bonchev–Trinajstić information content (AvgIpc) is 2.61. The monoisotopic (exact) mass is 314 g/mol. The van der Waals surface area contributed by atoms with E-state index in [-0.39, 0.29) is 0 Å². The van der Waals surface area contributed by atoms with Gasteiger partial charge in [0, 0.05) is 37.9 Å². The van der Waals surface area contributed by atoms with Crippen LogP contribution < -0.4 is 14.5 Å². The Labute approximate surface area is 136 Å². The number of hydrogen-bond acceptors (Lipinski definition) is 7. The van der Waals surface area contributed by atoms with Crippen molar-refractivity contribution in [2.45, 2.75) is 25.8 Å². The summed E-state index contributed by atoms with van der Waals surface area (Å²) < 4.78 is 5.12. The molecular weight excluding hydrogens is 292 g/mol. The van der Waals surface area contributed by atoms with E-state index in [9.17, 15) is 0 Å². The Morgan fingerprint density at radius 2 is 2.00 bits per heavy atom. The van der Waals surface area contributed by atoms with Crippen molar-refractivity contribution >= 4 is 11.8 Å². The third-order valence-electron chi connectivity index (χ3n) is 4.23. The summed E-state index contributed by atoms with van der Waals surface area (Å²) in [5.41, 5.74) is 0.980. The summed E-state index contributed by atoms with van der Waals surface area (Å²) in [4.78, 5) is 21.8. The molecule has 1 aliphatic rings. The number of anilines is 2. The largest absolute Gasteiger partial charge is 0.494 e. The molecule has 1 fully saturated rings. The minimum atomic E-state index is 0.378. The predicted molar refractivity (Wildman–Crippen MR) is 89.0 cm³/mol. The molecule has 1 saturated heterocycles. The first-order valence-electron chi connectivity index (χ1n) is 7.80. The fraction of sp³-hybridized carbons (Fsp3) is 0.500. The number of hydrogen-bond donors (Lipinski definition) is 0. The smallest absolute Gasteiger partial charge is 0.225 e. The van der Waals surface area contributed by atoms with Crippen LogP contribution in [0.15, 0.2) is 24.8 Å². The molecule has 122 valence electrons. The molecule has 0 aliphatic carbocycles. The maximum atomic E-state index is 5.12. The number of likely N-dealkylation sites (N-methyl/N-ethyl adjacent to an activating group) is 1. The quantitative estimate of drug-likeness (QED) is 0.850. The average molecular weight is 314 g/mol. The molecule has 0 radical (unpaired) electrons. The van der Waals surface area contributed by atoms with Gasteiger partial charge in [-0.25, -0.2) is 19.9 Å². The number of rotatable bonds is 4. The van der Waals surface area contributed by atoms with Crippen molar-refractivity contribution in [1.82, 2.24) is 19.9 Å². The summed E-state index contributed by atoms with van der Waals surface area (Å²) in [6.07, 6.45) is 7.28. The molecule has 0 bridgehead atoms. The first kappa shape index (κ1) is 15.5. The molecular formula is C16H22N6O. The summed E-state index contributed by atoms with van der Waals surface area (Å²) in [5, 5.41) is 0. The summed E-state index contributed by atoms with van der Waals surface area (Å²) >= 11 is 0. The molecule has 2 aromatic rings. The molecule has 23 heavy (non-hydrogen) atoms. The van der Waals surface area contributed by atoms with Gasteiger partial charge in [0.15, 0.2) is 5.75 Å². The maximum Gasteiger partial charge on any atom is 0.225 e. The minimum absolute atomic E-state index is 0.378. The molecule has 1 atom stereocenters. The van der Waals surface area contributed by atoms with Crippen molar-refractivity contribution in [2.75, 3.05) is 37.0 Å². The van der Waals surface area contributed by atoms with E-state index in [2.05, 4.69) is 36.8 Å². The third kappa shape index (κ3) is 3.49. The number of ether oxygens (including phenoxy) is 1. The van der Waals surface area contributed by atoms with E-state index in [1.54, 1.807) is 25.8 Å². The lowest BCUT2D eigenvalue weighted by Gasteiger charge is -2.38. The van der Waals surface area contributed by atoms with Crippen molar-refractivity contribution in [3.05, 3.63) is 30.5 Å². The second-order valence-electron chi connectivity index (χ2n) is 5.79. The predicted octanol–water partition coefficient (Wildman–Crippen LogP) is 1.69. The first-order valence-corrected chi connectivity index (χ1v) is 7.80. The molecule has 0 saturated carbocycles. The Kier molecular flexibility index (Phi) is 4.55. The number of methoxy groups -OCH3 is 1. The van der Waals surface area contributed by atoms with Gasteiger partial charge < -0.3 is 14.5 Å². The van der Waals surface area contributed by atoms with Crippen molar-refractivity contribution < 1.29 is 4.74 Å². The van der Waals surface area contributed by atoms with Crippen molar-refractivity contribution in [1.29, 1.82) is 0 Å². The lowest BCUT2D eigenvalue weighted by molar-refractivity contribution is 0.410. The van der Waals surface area contributed by atoms with Gasteiger partial charge in [-0.3, -0.25) is 0 Å². The molecule has 3 heterocycles. The molecule has 7 heteroatoms. The zero-order valence-corrected chi connectivity index (χ0v) is 13.8. The Morgan fingerprint density at radius 1 is 1.22 bits per heavy atom. The van der Waals surface area contributed by atoms with E-state index in [4.69, 9.17) is 4.74 Å². The zero-order valence-electron chi connectivity index (χ0n) is 13.8. The van der Waals surface area contributed by atoms with Gasteiger partial charge in [0.05, 0.1) is 19.5 Å². The van der Waals surface area contributed by atoms with Gasteiger partial charge in [-0.2, -0.15) is 0 Å². The second kappa shape index (κ2) is 6.76. The van der Waals surface area contributed by atoms with Crippen LogP contribution in [0.1, 0.15) is 18.5 Å². The minimum Gasteiger partial charge on any atom is -0.494 e. The Bertz CT molecular complexity index is 647. The van der Waals surface area contributed by atoms with Crippen LogP contribution in [-0.2, 0) is 0 Å². The van der Waals surface area contributed by atoms with Crippen LogP contribution in [0.25, 0.3) is 0 Å². The highest BCUT2D eigenvalue weighted by atomic mass is 16.5. The number of piperidine rings is 1. The number of aromatic nitrogens is 4. The van der Waals surface area contributed by atoms with Gasteiger partial charge in [-0.15, -0.1) is 0 Å². The number of aryl methyl sites for hydroxylation is 1. The summed E-state index contributed by atoms with van der Waals surface area (Å²) in [6.45, 7) is 3.84. The van der Waals surface area contributed by atoms with Gasteiger partial charge in [0.2, 0.25) is 5.95 Å². The van der Waals surface area contributed by atoms with Crippen molar-refractivity contribution in [3.63, 3.8) is 0 Å². The van der Waals surface area contributed by atoms with Gasteiger partial charge in [-0.05, 0) is 19.8 Å². The van der Waals surface area contributed by atoms with Gasteiger partial charge >= 0.3 is 0 Å². The maximum absolute atomic E-state index is 5.12. The molecule has 0 aromatic carbocycles. The lowest BCUT2D eigenvalue weighted by atomic mass is 10.0. The van der Waals surface area contributed by atoms with Crippen LogP contribution in [0, 0.1) is 6.92 Å². The highest BCUT2D eigenvalue weighted by Gasteiger charge is 2.25. The molecule has 1 unspecified atom stereocenters. The van der Waals surface area contributed by atoms with Crippen LogP contribution in [0.3, 0.4) is 0 Å². The van der Waals surface area contributed by atoms with Crippen LogP contribution in [0.5, 0.6) is 5.75 Å². The summed E-state index contributed by atoms with van der Waals surface area (Å²) in [5.74, 6) is 2.39. The molecule has 7 nitrogen and oxygen atoms in total. The van der Waals surface area contributed by atoms with Crippen LogP contribution in [0.4, 0.5) is 11.8 Å². The summed E-state index contributed by atoms with van der Waals surface area (Å²) in [6, 6.07) is 2.40. The summed E-state index contributed by atoms with van der Waals surface area (Å²) in [7, 11) is 3.71. The SMILES string of the molecule is COc1cnc(N2CCCC(N(C)c3cc(C)ncn3)C2)nc1. The first-order chi connectivity index (χ1) is 11.2. The van der Waals surface area contributed by atoms with E-state index >= 15 is 0 Å². The number of nitrogens with zero attached hydrogens (tertiary/aromatic N) is 6. The van der Waals surface area contributed by atoms with Gasteiger partial charge in [0.1, 0.15) is 12.1 Å². The molecule has 1 aliphatic heterocycles. The van der Waals surface area contributed by atoms with E-state index in [1.165, 1.54) is 0 Å². The Morgan fingerprint density at radius 3 is 2.70 bits per heavy atom. The normalized spacial score (nSPS) is 17.9. The zero-order chi connectivity index (χ0) is 16.2. The molecule has 2 aromatic heterocycles. The molecule has 0 spiro atoms. The van der Waals surface area contributed by atoms with Gasteiger partial charge in [-0.1, -0.05) is 0 Å². The van der Waals surface area contributed by atoms with E-state index < -0.39 is 0 Å². The highest BCUT2D eigenvalue weighted by molar-refractivity contribution is 5.41. The van der Waals surface area contributed by atoms with E-state index in [1.807, 2.05) is 13.0 Å². The topological polar surface area (TPSA) is 67.3 Å². The second-order valence-corrected chi connectivity index (χ2v) is 5.79. The van der Waals surface area contributed by atoms with Crippen LogP contribution >= 0.6 is 0 Å². The van der Waals surface area contributed by atoms with Crippen molar-refractivity contribution in [3.8, 4) is 5.75 Å². The van der Waals surface area contributed by atoms with Crippen molar-refractivity contribution in [2.24, 2.45) is 0 Å². The fourth-order valence-corrected chi connectivity index (χ4v) is 2.85. The Balaban J connectivity index is 1.72. The lowest BCUT2D eigenvalue weighted by Crippen LogP contribution is -2.47. The third-order valence-corrected chi connectivity index (χ3v) is 4.23. The molecule has 0 amide bonds.